The Labute approximate surface area is 161 Å². The molecule has 0 spiro atoms. The van der Waals surface area contributed by atoms with Gasteiger partial charge in [-0.3, -0.25) is 4.79 Å². The Bertz CT molecular complexity index is 742. The number of rotatable bonds is 9. The van der Waals surface area contributed by atoms with Gasteiger partial charge in [-0.2, -0.15) is 0 Å². The van der Waals surface area contributed by atoms with Crippen molar-refractivity contribution < 1.29 is 19.4 Å². The zero-order valence-corrected chi connectivity index (χ0v) is 16.8. The summed E-state index contributed by atoms with van der Waals surface area (Å²) in [5, 5.41) is 10.9. The highest BCUT2D eigenvalue weighted by Crippen LogP contribution is 2.43. The standard InChI is InChI=1S/C22H31NO4/c1-5-10-22(11-6-2)18(24)17(20(26)27-22)14-21(3,4)13-15-8-7-9-16(12-15)19(23)25/h7-9,12,24H,5-6,10-11,13-14H2,1-4H3,(H2,23,25). The zero-order valence-electron chi connectivity index (χ0n) is 16.8. The van der Waals surface area contributed by atoms with Crippen molar-refractivity contribution in [2.45, 2.75) is 71.8 Å². The molecule has 5 nitrogen and oxygen atoms in total. The summed E-state index contributed by atoms with van der Waals surface area (Å²) in [5.74, 6) is -0.762. The van der Waals surface area contributed by atoms with Gasteiger partial charge in [-0.25, -0.2) is 4.79 Å². The van der Waals surface area contributed by atoms with Gasteiger partial charge in [0, 0.05) is 5.56 Å². The lowest BCUT2D eigenvalue weighted by Gasteiger charge is -2.27. The molecule has 2 rings (SSSR count). The lowest BCUT2D eigenvalue weighted by Crippen LogP contribution is -2.31. The average molecular weight is 373 g/mol. The van der Waals surface area contributed by atoms with Crippen LogP contribution in [0.5, 0.6) is 0 Å². The van der Waals surface area contributed by atoms with E-state index in [1.165, 1.54) is 0 Å². The number of cyclic esters (lactones) is 1. The molecule has 5 heteroatoms. The van der Waals surface area contributed by atoms with Crippen molar-refractivity contribution in [2.75, 3.05) is 0 Å². The molecule has 148 valence electrons. The third-order valence-electron chi connectivity index (χ3n) is 5.11. The van der Waals surface area contributed by atoms with Gasteiger partial charge in [0.1, 0.15) is 5.76 Å². The Balaban J connectivity index is 2.25. The first kappa shape index (κ1) is 21.0. The Morgan fingerprint density at radius 1 is 1.19 bits per heavy atom. The van der Waals surface area contributed by atoms with E-state index in [0.717, 1.165) is 18.4 Å². The van der Waals surface area contributed by atoms with Crippen LogP contribution in [0.1, 0.15) is 75.7 Å². The van der Waals surface area contributed by atoms with E-state index >= 15 is 0 Å². The fourth-order valence-electron chi connectivity index (χ4n) is 4.01. The van der Waals surface area contributed by atoms with E-state index in [0.29, 0.717) is 36.8 Å². The first-order valence-corrected chi connectivity index (χ1v) is 9.69. The number of nitrogens with two attached hydrogens (primary N) is 1. The molecule has 0 atom stereocenters. The van der Waals surface area contributed by atoms with E-state index < -0.39 is 17.5 Å². The van der Waals surface area contributed by atoms with Crippen molar-refractivity contribution in [3.8, 4) is 0 Å². The van der Waals surface area contributed by atoms with Crippen LogP contribution in [-0.2, 0) is 16.0 Å². The maximum atomic E-state index is 12.5. The topological polar surface area (TPSA) is 89.6 Å². The molecule has 27 heavy (non-hydrogen) atoms. The van der Waals surface area contributed by atoms with E-state index in [4.69, 9.17) is 10.5 Å². The molecule has 0 radical (unpaired) electrons. The molecule has 1 heterocycles. The number of carbonyl (C=O) groups excluding carboxylic acids is 2. The molecule has 0 aliphatic carbocycles. The second kappa shape index (κ2) is 8.15. The molecule has 0 bridgehead atoms. The minimum Gasteiger partial charge on any atom is -0.507 e. The molecule has 0 aromatic heterocycles. The van der Waals surface area contributed by atoms with Crippen molar-refractivity contribution in [3.05, 3.63) is 46.7 Å². The van der Waals surface area contributed by atoms with Crippen molar-refractivity contribution in [2.24, 2.45) is 11.1 Å². The summed E-state index contributed by atoms with van der Waals surface area (Å²) < 4.78 is 5.68. The number of esters is 1. The van der Waals surface area contributed by atoms with E-state index in [1.807, 2.05) is 33.8 Å². The fraction of sp³-hybridized carbons (Fsp3) is 0.545. The Morgan fingerprint density at radius 2 is 1.81 bits per heavy atom. The average Bonchev–Trinajstić information content (AvgIpc) is 2.79. The first-order valence-electron chi connectivity index (χ1n) is 9.69. The lowest BCUT2D eigenvalue weighted by molar-refractivity contribution is -0.149. The maximum absolute atomic E-state index is 12.5. The second-order valence-electron chi connectivity index (χ2n) is 8.29. The fourth-order valence-corrected chi connectivity index (χ4v) is 4.01. The SMILES string of the molecule is CCCC1(CCC)OC(=O)C(CC(C)(C)Cc2cccc(C(N)=O)c2)=C1O. The van der Waals surface area contributed by atoms with Crippen LogP contribution >= 0.6 is 0 Å². The first-order chi connectivity index (χ1) is 12.6. The van der Waals surface area contributed by atoms with Gasteiger partial charge in [0.15, 0.2) is 5.60 Å². The Morgan fingerprint density at radius 3 is 2.37 bits per heavy atom. The van der Waals surface area contributed by atoms with Gasteiger partial charge in [-0.05, 0) is 48.8 Å². The van der Waals surface area contributed by atoms with Gasteiger partial charge in [0.25, 0.3) is 0 Å². The van der Waals surface area contributed by atoms with Crippen LogP contribution in [0.3, 0.4) is 0 Å². The number of benzene rings is 1. The van der Waals surface area contributed by atoms with Gasteiger partial charge in [-0.15, -0.1) is 0 Å². The van der Waals surface area contributed by atoms with Crippen molar-refractivity contribution in [1.29, 1.82) is 0 Å². The summed E-state index contributed by atoms with van der Waals surface area (Å²) in [5.41, 5.74) is 6.02. The van der Waals surface area contributed by atoms with Crippen LogP contribution in [0, 0.1) is 5.41 Å². The van der Waals surface area contributed by atoms with Crippen molar-refractivity contribution in [1.82, 2.24) is 0 Å². The predicted octanol–water partition coefficient (Wildman–Crippen LogP) is 4.45. The molecule has 0 fully saturated rings. The minimum absolute atomic E-state index is 0.107. The molecule has 1 aromatic carbocycles. The molecule has 3 N–H and O–H groups in total. The number of carbonyl (C=O) groups is 2. The van der Waals surface area contributed by atoms with Gasteiger partial charge < -0.3 is 15.6 Å². The molecule has 1 aromatic rings. The normalized spacial score (nSPS) is 16.5. The maximum Gasteiger partial charge on any atom is 0.338 e. The number of primary amides is 1. The minimum atomic E-state index is -0.863. The summed E-state index contributed by atoms with van der Waals surface area (Å²) in [6, 6.07) is 7.21. The third-order valence-corrected chi connectivity index (χ3v) is 5.11. The molecule has 0 saturated heterocycles. The third kappa shape index (κ3) is 4.71. The van der Waals surface area contributed by atoms with Gasteiger partial charge in [-0.1, -0.05) is 52.7 Å². The quantitative estimate of drug-likeness (QED) is 0.626. The molecule has 0 unspecified atom stereocenters. The lowest BCUT2D eigenvalue weighted by atomic mass is 9.78. The van der Waals surface area contributed by atoms with Crippen LogP contribution in [-0.4, -0.2) is 22.6 Å². The van der Waals surface area contributed by atoms with Gasteiger partial charge in [0.05, 0.1) is 5.57 Å². The van der Waals surface area contributed by atoms with Gasteiger partial charge >= 0.3 is 5.97 Å². The smallest absolute Gasteiger partial charge is 0.338 e. The van der Waals surface area contributed by atoms with Crippen LogP contribution in [0.2, 0.25) is 0 Å². The van der Waals surface area contributed by atoms with Crippen LogP contribution in [0.15, 0.2) is 35.6 Å². The largest absolute Gasteiger partial charge is 0.507 e. The van der Waals surface area contributed by atoms with Gasteiger partial charge in [0.2, 0.25) is 5.91 Å². The van der Waals surface area contributed by atoms with E-state index in [9.17, 15) is 14.7 Å². The Kier molecular flexibility index (Phi) is 6.34. The predicted molar refractivity (Wildman–Crippen MR) is 105 cm³/mol. The van der Waals surface area contributed by atoms with E-state index in [1.54, 1.807) is 18.2 Å². The summed E-state index contributed by atoms with van der Waals surface area (Å²) in [6.45, 7) is 8.12. The van der Waals surface area contributed by atoms with Crippen molar-refractivity contribution in [3.63, 3.8) is 0 Å². The van der Waals surface area contributed by atoms with E-state index in [-0.39, 0.29) is 11.2 Å². The van der Waals surface area contributed by atoms with Crippen molar-refractivity contribution >= 4 is 11.9 Å². The highest BCUT2D eigenvalue weighted by atomic mass is 16.6. The highest BCUT2D eigenvalue weighted by Gasteiger charge is 2.47. The molecule has 1 aliphatic rings. The zero-order chi connectivity index (χ0) is 20.2. The number of aliphatic hydroxyl groups excluding tert-OH is 1. The highest BCUT2D eigenvalue weighted by molar-refractivity contribution is 5.93. The number of aliphatic hydroxyl groups is 1. The Hall–Kier alpha value is -2.30. The van der Waals surface area contributed by atoms with Crippen LogP contribution < -0.4 is 5.73 Å². The number of hydrogen-bond acceptors (Lipinski definition) is 4. The van der Waals surface area contributed by atoms with E-state index in [2.05, 4.69) is 0 Å². The number of ether oxygens (including phenoxy) is 1. The van der Waals surface area contributed by atoms with Crippen LogP contribution in [0.25, 0.3) is 0 Å². The second-order valence-corrected chi connectivity index (χ2v) is 8.29. The molecular formula is C22H31NO4. The molecule has 1 aliphatic heterocycles. The summed E-state index contributed by atoms with van der Waals surface area (Å²) in [6.07, 6.45) is 3.97. The van der Waals surface area contributed by atoms with Crippen LogP contribution in [0.4, 0.5) is 0 Å². The monoisotopic (exact) mass is 373 g/mol. The summed E-state index contributed by atoms with van der Waals surface area (Å²) >= 11 is 0. The number of amides is 1. The molecular weight excluding hydrogens is 342 g/mol. The summed E-state index contributed by atoms with van der Waals surface area (Å²) in [4.78, 5) is 23.9. The molecule has 1 amide bonds. The number of hydrogen-bond donors (Lipinski definition) is 2. The summed E-state index contributed by atoms with van der Waals surface area (Å²) in [7, 11) is 0. The molecule has 0 saturated carbocycles.